The first-order valence-electron chi connectivity index (χ1n) is 8.56. The number of thioether (sulfide) groups is 1. The molecule has 0 unspecified atom stereocenters. The van der Waals surface area contributed by atoms with E-state index in [1.54, 1.807) is 30.1 Å². The molecular formula is C17H22ClN3O3S2. The van der Waals surface area contributed by atoms with Crippen LogP contribution in [-0.2, 0) is 9.84 Å². The molecule has 2 heterocycles. The third-order valence-electron chi connectivity index (χ3n) is 4.47. The Hall–Kier alpha value is -1.25. The van der Waals surface area contributed by atoms with Crippen molar-refractivity contribution in [1.82, 2.24) is 4.90 Å². The molecule has 2 atom stereocenters. The van der Waals surface area contributed by atoms with Crippen molar-refractivity contribution in [2.24, 2.45) is 4.99 Å². The van der Waals surface area contributed by atoms with Crippen LogP contribution >= 0.6 is 23.4 Å². The van der Waals surface area contributed by atoms with Crippen LogP contribution in [-0.4, -0.2) is 60.8 Å². The molecule has 1 N–H and O–H groups in total. The van der Waals surface area contributed by atoms with Gasteiger partial charge < -0.3 is 10.2 Å². The van der Waals surface area contributed by atoms with Gasteiger partial charge >= 0.3 is 0 Å². The molecule has 0 radical (unpaired) electrons. The summed E-state index contributed by atoms with van der Waals surface area (Å²) < 4.78 is 23.3. The third kappa shape index (κ3) is 4.35. The number of carbonyl (C=O) groups is 1. The van der Waals surface area contributed by atoms with Crippen molar-refractivity contribution >= 4 is 50.0 Å². The van der Waals surface area contributed by atoms with Crippen LogP contribution in [0.15, 0.2) is 23.2 Å². The van der Waals surface area contributed by atoms with Gasteiger partial charge in [0.05, 0.1) is 28.3 Å². The fraction of sp³-hybridized carbons (Fsp3) is 0.529. The summed E-state index contributed by atoms with van der Waals surface area (Å²) in [6.45, 7) is 2.80. The van der Waals surface area contributed by atoms with E-state index < -0.39 is 9.84 Å². The van der Waals surface area contributed by atoms with Gasteiger partial charge in [-0.05, 0) is 24.6 Å². The van der Waals surface area contributed by atoms with Gasteiger partial charge in [0.25, 0.3) is 5.91 Å². The largest absolute Gasteiger partial charge is 0.342 e. The number of hydrogen-bond acceptors (Lipinski definition) is 6. The molecule has 6 nitrogen and oxygen atoms in total. The molecule has 2 aliphatic heterocycles. The van der Waals surface area contributed by atoms with Crippen molar-refractivity contribution in [1.29, 1.82) is 0 Å². The van der Waals surface area contributed by atoms with E-state index in [0.717, 1.165) is 12.8 Å². The number of amidine groups is 1. The van der Waals surface area contributed by atoms with Crippen LogP contribution < -0.4 is 5.32 Å². The van der Waals surface area contributed by atoms with Gasteiger partial charge in [-0.15, -0.1) is 0 Å². The highest BCUT2D eigenvalue weighted by atomic mass is 35.5. The number of unbranched alkanes of at least 4 members (excludes halogenated alkanes) is 1. The standard InChI is InChI=1S/C17H22ClN3O3S2/c1-3-4-7-21(2)16(22)11-5-6-12(18)13(8-11)19-17-20-14-9-26(23,24)10-15(14)25-17/h5-6,8,14-15H,3-4,7,9-10H2,1-2H3,(H,19,20)/t14-,15+/m0/s1. The fourth-order valence-corrected chi connectivity index (χ4v) is 6.84. The predicted molar refractivity (Wildman–Crippen MR) is 108 cm³/mol. The van der Waals surface area contributed by atoms with Gasteiger partial charge in [0.15, 0.2) is 15.0 Å². The van der Waals surface area contributed by atoms with Crippen LogP contribution in [0, 0.1) is 0 Å². The molecule has 0 aliphatic carbocycles. The van der Waals surface area contributed by atoms with E-state index in [1.165, 1.54) is 11.8 Å². The van der Waals surface area contributed by atoms with E-state index in [4.69, 9.17) is 11.6 Å². The van der Waals surface area contributed by atoms with Crippen LogP contribution in [0.2, 0.25) is 5.02 Å². The minimum Gasteiger partial charge on any atom is -0.342 e. The van der Waals surface area contributed by atoms with Crippen LogP contribution in [0.1, 0.15) is 30.1 Å². The number of aliphatic imine (C=N–C) groups is 1. The number of nitrogens with zero attached hydrogens (tertiary/aromatic N) is 2. The van der Waals surface area contributed by atoms with Gasteiger partial charge in [-0.2, -0.15) is 0 Å². The fourth-order valence-electron chi connectivity index (χ4n) is 3.00. The summed E-state index contributed by atoms with van der Waals surface area (Å²) in [5, 5.41) is 4.27. The number of carbonyl (C=O) groups excluding carboxylic acids is 1. The molecule has 2 aliphatic rings. The summed E-state index contributed by atoms with van der Waals surface area (Å²) in [6, 6.07) is 4.93. The van der Waals surface area contributed by atoms with E-state index >= 15 is 0 Å². The number of benzene rings is 1. The number of fused-ring (bicyclic) bond motifs is 1. The van der Waals surface area contributed by atoms with Crippen LogP contribution in [0.25, 0.3) is 0 Å². The van der Waals surface area contributed by atoms with Crippen molar-refractivity contribution in [2.45, 2.75) is 31.1 Å². The smallest absolute Gasteiger partial charge is 0.253 e. The Labute approximate surface area is 163 Å². The molecule has 9 heteroatoms. The number of halogens is 1. The van der Waals surface area contributed by atoms with E-state index in [-0.39, 0.29) is 28.7 Å². The molecule has 26 heavy (non-hydrogen) atoms. The number of hydrogen-bond donors (Lipinski definition) is 1. The van der Waals surface area contributed by atoms with Crippen molar-refractivity contribution in [2.75, 3.05) is 30.4 Å². The summed E-state index contributed by atoms with van der Waals surface area (Å²) in [6.07, 6.45) is 1.99. The molecule has 0 spiro atoms. The second-order valence-electron chi connectivity index (χ2n) is 6.63. The van der Waals surface area contributed by atoms with Crippen LogP contribution in [0.5, 0.6) is 0 Å². The van der Waals surface area contributed by atoms with Gasteiger partial charge in [0.1, 0.15) is 0 Å². The maximum Gasteiger partial charge on any atom is 0.253 e. The average molecular weight is 416 g/mol. The first kappa shape index (κ1) is 19.5. The lowest BCUT2D eigenvalue weighted by Gasteiger charge is -2.18. The molecule has 0 bridgehead atoms. The highest BCUT2D eigenvalue weighted by Crippen LogP contribution is 2.35. The molecule has 142 valence electrons. The SMILES string of the molecule is CCCCN(C)C(=O)c1ccc(Cl)c(NC2=N[C@H]3CS(=O)(=O)C[C@H]3S2)c1. The zero-order valence-electron chi connectivity index (χ0n) is 14.7. The highest BCUT2D eigenvalue weighted by Gasteiger charge is 2.42. The molecule has 1 aromatic carbocycles. The molecule has 1 saturated heterocycles. The third-order valence-corrected chi connectivity index (χ3v) is 7.94. The molecule has 0 saturated carbocycles. The zero-order chi connectivity index (χ0) is 18.9. The Kier molecular flexibility index (Phi) is 5.84. The minimum atomic E-state index is -2.98. The van der Waals surface area contributed by atoms with Gasteiger partial charge in [-0.25, -0.2) is 8.42 Å². The average Bonchev–Trinajstić information content (AvgIpc) is 3.06. The maximum absolute atomic E-state index is 12.5. The summed E-state index contributed by atoms with van der Waals surface area (Å²) in [7, 11) is -1.19. The highest BCUT2D eigenvalue weighted by molar-refractivity contribution is 8.15. The molecule has 3 rings (SSSR count). The molecule has 1 aromatic rings. The first-order valence-corrected chi connectivity index (χ1v) is 11.6. The topological polar surface area (TPSA) is 78.8 Å². The van der Waals surface area contributed by atoms with E-state index in [9.17, 15) is 13.2 Å². The number of sulfone groups is 1. The van der Waals surface area contributed by atoms with Gasteiger partial charge in [0.2, 0.25) is 0 Å². The van der Waals surface area contributed by atoms with Crippen molar-refractivity contribution in [3.05, 3.63) is 28.8 Å². The Morgan fingerprint density at radius 3 is 2.88 bits per heavy atom. The number of rotatable bonds is 5. The van der Waals surface area contributed by atoms with E-state index in [1.807, 2.05) is 0 Å². The van der Waals surface area contributed by atoms with Gasteiger partial charge in [-0.3, -0.25) is 9.79 Å². The summed E-state index contributed by atoms with van der Waals surface area (Å²) in [5.41, 5.74) is 1.16. The second kappa shape index (κ2) is 7.78. The second-order valence-corrected chi connectivity index (χ2v) is 10.4. The molecule has 1 amide bonds. The Balaban J connectivity index is 1.72. The molecule has 1 fully saturated rings. The Morgan fingerprint density at radius 1 is 1.42 bits per heavy atom. The maximum atomic E-state index is 12.5. The quantitative estimate of drug-likeness (QED) is 0.799. The number of anilines is 1. The van der Waals surface area contributed by atoms with E-state index in [2.05, 4.69) is 17.2 Å². The summed E-state index contributed by atoms with van der Waals surface area (Å²) in [5.74, 6) is 0.206. The first-order chi connectivity index (χ1) is 12.3. The lowest BCUT2D eigenvalue weighted by molar-refractivity contribution is 0.0793. The molecular weight excluding hydrogens is 394 g/mol. The summed E-state index contributed by atoms with van der Waals surface area (Å²) in [4.78, 5) is 18.7. The minimum absolute atomic E-state index is 0.0359. The Morgan fingerprint density at radius 2 is 2.19 bits per heavy atom. The van der Waals surface area contributed by atoms with Crippen molar-refractivity contribution < 1.29 is 13.2 Å². The summed E-state index contributed by atoms with van der Waals surface area (Å²) >= 11 is 7.69. The van der Waals surface area contributed by atoms with Gasteiger partial charge in [0, 0.05) is 24.4 Å². The van der Waals surface area contributed by atoms with Gasteiger partial charge in [-0.1, -0.05) is 36.7 Å². The van der Waals surface area contributed by atoms with Crippen molar-refractivity contribution in [3.8, 4) is 0 Å². The Bertz CT molecular complexity index is 842. The number of nitrogens with one attached hydrogen (secondary N) is 1. The van der Waals surface area contributed by atoms with Crippen molar-refractivity contribution in [3.63, 3.8) is 0 Å². The predicted octanol–water partition coefficient (Wildman–Crippen LogP) is 2.89. The normalized spacial score (nSPS) is 23.4. The zero-order valence-corrected chi connectivity index (χ0v) is 17.1. The van der Waals surface area contributed by atoms with Crippen LogP contribution in [0.3, 0.4) is 0 Å². The molecule has 0 aromatic heterocycles. The lowest BCUT2D eigenvalue weighted by atomic mass is 10.1. The number of amides is 1. The monoisotopic (exact) mass is 415 g/mol. The lowest BCUT2D eigenvalue weighted by Crippen LogP contribution is -2.27. The van der Waals surface area contributed by atoms with Crippen LogP contribution in [0.4, 0.5) is 5.69 Å². The van der Waals surface area contributed by atoms with E-state index in [0.29, 0.717) is 28.0 Å².